The van der Waals surface area contributed by atoms with Crippen LogP contribution in [0.5, 0.6) is 0 Å². The van der Waals surface area contributed by atoms with Gasteiger partial charge in [0.05, 0.1) is 49.3 Å². The zero-order chi connectivity index (χ0) is 63.5. The van der Waals surface area contributed by atoms with Crippen LogP contribution in [0.25, 0.3) is 0 Å². The zero-order valence-corrected chi connectivity index (χ0v) is 53.6. The molecule has 0 aliphatic carbocycles. The summed E-state index contributed by atoms with van der Waals surface area (Å²) in [4.78, 5) is 37.7. The van der Waals surface area contributed by atoms with Crippen LogP contribution in [0.2, 0.25) is 0 Å². The van der Waals surface area contributed by atoms with E-state index in [1.54, 1.807) is 64.2 Å². The highest BCUT2D eigenvalue weighted by atomic mass is 16.5. The number of esters is 2. The van der Waals surface area contributed by atoms with Crippen molar-refractivity contribution in [3.8, 4) is 0 Å². The molecule has 0 spiro atoms. The molecule has 0 bridgehead atoms. The van der Waals surface area contributed by atoms with Crippen molar-refractivity contribution in [3.63, 3.8) is 0 Å². The number of amides is 1. The summed E-state index contributed by atoms with van der Waals surface area (Å²) < 4.78 is 11.9. The number of cyclic esters (lactones) is 1. The third kappa shape index (κ3) is 37.8. The van der Waals surface area contributed by atoms with Gasteiger partial charge in [0.2, 0.25) is 5.91 Å². The molecule has 0 fully saturated rings. The minimum Gasteiger partial charge on any atom is -0.462 e. The number of ether oxygens (including phenoxy) is 2. The van der Waals surface area contributed by atoms with E-state index in [4.69, 9.17) is 14.6 Å². The van der Waals surface area contributed by atoms with Crippen molar-refractivity contribution in [2.24, 2.45) is 29.6 Å². The van der Waals surface area contributed by atoms with Gasteiger partial charge in [-0.25, -0.2) is 4.79 Å². The normalized spacial score (nSPS) is 23.0. The van der Waals surface area contributed by atoms with Gasteiger partial charge in [0, 0.05) is 48.8 Å². The second kappa shape index (κ2) is 42.7. The highest BCUT2D eigenvalue weighted by molar-refractivity contribution is 5.93. The number of aliphatic hydroxyl groups is 8. The average Bonchev–Trinajstić information content (AvgIpc) is 3.38. The largest absolute Gasteiger partial charge is 0.462 e. The van der Waals surface area contributed by atoms with Crippen molar-refractivity contribution in [1.29, 1.82) is 0 Å². The molecule has 0 aromatic heterocycles. The van der Waals surface area contributed by atoms with Crippen LogP contribution in [0.4, 0.5) is 0 Å². The Labute approximate surface area is 500 Å². The summed E-state index contributed by atoms with van der Waals surface area (Å²) in [5.41, 5.74) is 7.32. The van der Waals surface area contributed by atoms with Crippen LogP contribution in [0.3, 0.4) is 0 Å². The van der Waals surface area contributed by atoms with E-state index in [0.29, 0.717) is 43.6 Å². The molecular weight excluding hydrogens is 1050 g/mol. The van der Waals surface area contributed by atoms with Crippen LogP contribution < -0.4 is 5.32 Å². The molecule has 470 valence electrons. The molecule has 14 atom stereocenters. The zero-order valence-electron chi connectivity index (χ0n) is 53.6. The second-order valence-electron chi connectivity index (χ2n) is 24.0. The van der Waals surface area contributed by atoms with Crippen LogP contribution >= 0.6 is 0 Å². The van der Waals surface area contributed by atoms with Crippen molar-refractivity contribution in [3.05, 3.63) is 142 Å². The number of carbonyl (C=O) groups excluding carboxylic acids is 3. The number of nitrogens with one attached hydrogen (secondary N) is 1. The molecule has 14 heteroatoms. The van der Waals surface area contributed by atoms with E-state index >= 15 is 0 Å². The maximum atomic E-state index is 12.9. The number of hydrogen-bond donors (Lipinski definition) is 9. The Morgan fingerprint density at radius 2 is 1.37 bits per heavy atom. The maximum Gasteiger partial charge on any atom is 0.331 e. The highest BCUT2D eigenvalue weighted by Crippen LogP contribution is 2.28. The lowest BCUT2D eigenvalue weighted by molar-refractivity contribution is -0.152. The van der Waals surface area contributed by atoms with Gasteiger partial charge in [0.1, 0.15) is 12.2 Å². The molecule has 0 saturated heterocycles. The maximum absolute atomic E-state index is 12.9. The number of carbonyl (C=O) groups is 3. The molecule has 2 unspecified atom stereocenters. The third-order valence-electron chi connectivity index (χ3n) is 14.0. The van der Waals surface area contributed by atoms with Crippen LogP contribution in [0, 0.1) is 29.6 Å². The molecule has 0 radical (unpaired) electrons. The van der Waals surface area contributed by atoms with E-state index < -0.39 is 48.7 Å². The Hall–Kier alpha value is -5.03. The fraction of sp³-hybridized carbons (Fsp3) is 0.609. The lowest BCUT2D eigenvalue weighted by Crippen LogP contribution is -2.35. The Morgan fingerprint density at radius 3 is 1.99 bits per heavy atom. The summed E-state index contributed by atoms with van der Waals surface area (Å²) >= 11 is 0. The lowest BCUT2D eigenvalue weighted by atomic mass is 9.89. The number of allylic oxidation sites excluding steroid dienone is 15. The fourth-order valence-corrected chi connectivity index (χ4v) is 9.35. The Bertz CT molecular complexity index is 2320. The van der Waals surface area contributed by atoms with E-state index in [-0.39, 0.29) is 73.2 Å². The summed E-state index contributed by atoms with van der Waals surface area (Å²) in [7, 11) is 0. The van der Waals surface area contributed by atoms with Crippen molar-refractivity contribution in [1.82, 2.24) is 5.32 Å². The van der Waals surface area contributed by atoms with Gasteiger partial charge in [0.15, 0.2) is 0 Å². The fourth-order valence-electron chi connectivity index (χ4n) is 9.35. The van der Waals surface area contributed by atoms with Gasteiger partial charge in [-0.3, -0.25) is 9.59 Å². The minimum absolute atomic E-state index is 0.0190. The molecule has 1 heterocycles. The summed E-state index contributed by atoms with van der Waals surface area (Å²) in [5, 5.41) is 81.6. The molecule has 14 nitrogen and oxygen atoms in total. The van der Waals surface area contributed by atoms with Crippen LogP contribution in [0.1, 0.15) is 175 Å². The summed E-state index contributed by atoms with van der Waals surface area (Å²) in [5.74, 6) is -0.503. The van der Waals surface area contributed by atoms with Gasteiger partial charge < -0.3 is 55.6 Å². The summed E-state index contributed by atoms with van der Waals surface area (Å²) in [6.07, 6.45) is 27.7. The predicted molar refractivity (Wildman–Crippen MR) is 338 cm³/mol. The lowest BCUT2D eigenvalue weighted by Gasteiger charge is -2.27. The molecule has 1 aliphatic heterocycles. The topological polar surface area (TPSA) is 244 Å². The first-order valence-electron chi connectivity index (χ1n) is 29.9. The monoisotopic (exact) mass is 1160 g/mol. The SMILES string of the molecule is CC(/C=C/C(O)C/C=C/C=C(\C)C(=O)N[C@@H](C)CO)=C\[C@@H](C)[C@@H](O)/C(C)=C/C(C)C.CC(=C\C=C\C(C)=C\[C@H](O)[C@@H](O)C[C@H](C)O)/C=C(C)/C=C/C(=O)OC1CCCC(=O)O[C@@H]([C@@H](C)C/C(C)=C/[C@@H](C)[C@H](O)C[C@@H](C)O)C/C=C(\C)C[C@@H]1C. The van der Waals surface area contributed by atoms with Gasteiger partial charge in [-0.1, -0.05) is 166 Å². The molecule has 0 saturated carbocycles. The Balaban J connectivity index is 0.00000190. The van der Waals surface area contributed by atoms with Crippen LogP contribution in [-0.4, -0.2) is 126 Å². The smallest absolute Gasteiger partial charge is 0.331 e. The molecule has 0 aromatic rings. The quantitative estimate of drug-likeness (QED) is 0.0147. The van der Waals surface area contributed by atoms with Crippen LogP contribution in [-0.2, 0) is 23.9 Å². The molecule has 0 aromatic carbocycles. The van der Waals surface area contributed by atoms with Gasteiger partial charge >= 0.3 is 11.9 Å². The van der Waals surface area contributed by atoms with Crippen molar-refractivity contribution < 1.29 is 64.7 Å². The van der Waals surface area contributed by atoms with Gasteiger partial charge in [0.25, 0.3) is 0 Å². The predicted octanol–water partition coefficient (Wildman–Crippen LogP) is 11.4. The van der Waals surface area contributed by atoms with Crippen molar-refractivity contribution in [2.75, 3.05) is 6.61 Å². The van der Waals surface area contributed by atoms with Crippen LogP contribution in [0.15, 0.2) is 142 Å². The molecule has 1 aliphatic rings. The van der Waals surface area contributed by atoms with E-state index in [1.807, 2.05) is 97.9 Å². The second-order valence-corrected chi connectivity index (χ2v) is 24.0. The van der Waals surface area contributed by atoms with E-state index in [2.05, 4.69) is 52.1 Å². The first kappa shape index (κ1) is 78.0. The molecule has 1 amide bonds. The van der Waals surface area contributed by atoms with Gasteiger partial charge in [-0.15, -0.1) is 0 Å². The van der Waals surface area contributed by atoms with E-state index in [9.17, 15) is 50.1 Å². The third-order valence-corrected chi connectivity index (χ3v) is 14.0. The standard InChI is InChI=1S/C44H70O9.C25H41NO4/c1-28(13-11-14-29(2)25-39(48)40(49)27-37(10)46)21-30(3)18-20-44(51)52-41-15-12-16-43(50)53-42(19-17-31(4)22-34(41)7)35(8)24-32(5)23-33(6)38(47)26-36(9)45;1-17(2)14-20(5)24(29)21(6)15-18(3)12-13-23(28)11-9-8-10-19(4)25(30)26-22(7)16-27/h11,13-14,17-18,20-21,23,25,33-42,45-49H,12,15-16,19,22,24,26-27H2,1-10H3;8-10,12-15,17,21-24,27-29H,11,16H2,1-7H3,(H,26,30)/b14-11+,20-18+,28-13+,29-25+,30-21+,31-17+,32-23+;9-8+,13-12+,18-15+,19-10+,20-14+/t33-,34+,35+,36-,37+,38-,39+,40+,41?,42-;21-,22+,23?,24+/m11/s1. The Kier molecular flexibility index (Phi) is 40.1. The highest BCUT2D eigenvalue weighted by Gasteiger charge is 2.26. The first-order chi connectivity index (χ1) is 38.7. The summed E-state index contributed by atoms with van der Waals surface area (Å²) in [6.45, 7) is 32.4. The molecule has 83 heavy (non-hydrogen) atoms. The Morgan fingerprint density at radius 1 is 0.747 bits per heavy atom. The first-order valence-corrected chi connectivity index (χ1v) is 29.9. The van der Waals surface area contributed by atoms with E-state index in [1.165, 1.54) is 6.08 Å². The molecule has 1 rings (SSSR count). The van der Waals surface area contributed by atoms with E-state index in [0.717, 1.165) is 51.9 Å². The molecular formula is C69H111NO13. The van der Waals surface area contributed by atoms with Crippen molar-refractivity contribution in [2.45, 2.75) is 236 Å². The number of rotatable bonds is 29. The number of aliphatic hydroxyl groups excluding tert-OH is 8. The van der Waals surface area contributed by atoms with Gasteiger partial charge in [-0.05, 0) is 138 Å². The molecule has 9 N–H and O–H groups in total. The average molecular weight is 1160 g/mol. The van der Waals surface area contributed by atoms with Crippen molar-refractivity contribution >= 4 is 17.8 Å². The van der Waals surface area contributed by atoms with Gasteiger partial charge in [-0.2, -0.15) is 0 Å². The minimum atomic E-state index is -1.07. The summed E-state index contributed by atoms with van der Waals surface area (Å²) in [6, 6.07) is -0.285. The number of hydrogen-bond acceptors (Lipinski definition) is 13.